The van der Waals surface area contributed by atoms with E-state index < -0.39 is 0 Å². The molecule has 1 atom stereocenters. The molecule has 0 radical (unpaired) electrons. The first kappa shape index (κ1) is 17.9. The molecule has 2 saturated heterocycles. The maximum absolute atomic E-state index is 11.2. The number of fused-ring (bicyclic) bond motifs is 1. The smallest absolute Gasteiger partial charge is 0.209 e. The number of halogens is 1. The number of likely N-dealkylation sites (tertiary alicyclic amines) is 2. The average molecular weight is 374 g/mol. The number of amides is 1. The van der Waals surface area contributed by atoms with Crippen molar-refractivity contribution >= 4 is 28.9 Å². The van der Waals surface area contributed by atoms with Crippen LogP contribution in [0.5, 0.6) is 0 Å². The monoisotopic (exact) mass is 373 g/mol. The van der Waals surface area contributed by atoms with Crippen molar-refractivity contribution in [2.75, 3.05) is 26.2 Å². The van der Waals surface area contributed by atoms with Gasteiger partial charge in [-0.2, -0.15) is 0 Å². The first-order chi connectivity index (χ1) is 12.7. The maximum Gasteiger partial charge on any atom is 0.209 e. The summed E-state index contributed by atoms with van der Waals surface area (Å²) in [7, 11) is 0. The van der Waals surface area contributed by atoms with E-state index in [1.54, 1.807) is 0 Å². The van der Waals surface area contributed by atoms with E-state index in [-0.39, 0.29) is 0 Å². The second-order valence-electron chi connectivity index (χ2n) is 7.83. The van der Waals surface area contributed by atoms with Crippen LogP contribution in [0.3, 0.4) is 0 Å². The Morgan fingerprint density at radius 1 is 1.15 bits per heavy atom. The van der Waals surface area contributed by atoms with Crippen LogP contribution in [0.15, 0.2) is 24.4 Å². The molecule has 2 aromatic rings. The summed E-state index contributed by atoms with van der Waals surface area (Å²) in [6.07, 6.45) is 10.4. The van der Waals surface area contributed by atoms with Gasteiger partial charge in [-0.1, -0.05) is 17.7 Å². The summed E-state index contributed by atoms with van der Waals surface area (Å²) in [5, 5.41) is 2.10. The molecule has 2 aliphatic rings. The van der Waals surface area contributed by atoms with Crippen LogP contribution in [0.2, 0.25) is 5.02 Å². The number of H-pyrrole nitrogens is 1. The van der Waals surface area contributed by atoms with E-state index in [0.29, 0.717) is 12.0 Å². The molecule has 0 unspecified atom stereocenters. The van der Waals surface area contributed by atoms with Gasteiger partial charge in [0.1, 0.15) is 0 Å². The van der Waals surface area contributed by atoms with Crippen LogP contribution < -0.4 is 0 Å². The standard InChI is InChI=1S/C21H28ClN3O/c22-17-4-5-19-20(14-23-21(19)13-17)16-6-10-24(11-7-16)12-8-18-3-1-2-9-25(18)15-26/h4-5,13-16,18,23H,1-3,6-12H2/t18-/m0/s1. The van der Waals surface area contributed by atoms with Crippen LogP contribution in [-0.4, -0.2) is 53.4 Å². The lowest BCUT2D eigenvalue weighted by molar-refractivity contribution is -0.121. The number of carbonyl (C=O) groups is 1. The van der Waals surface area contributed by atoms with Gasteiger partial charge < -0.3 is 14.8 Å². The molecule has 2 fully saturated rings. The molecule has 4 nitrogen and oxygen atoms in total. The summed E-state index contributed by atoms with van der Waals surface area (Å²) in [4.78, 5) is 19.2. The van der Waals surface area contributed by atoms with Gasteiger partial charge in [-0.25, -0.2) is 0 Å². The number of piperidine rings is 2. The van der Waals surface area contributed by atoms with E-state index in [1.807, 2.05) is 17.0 Å². The highest BCUT2D eigenvalue weighted by molar-refractivity contribution is 6.31. The van der Waals surface area contributed by atoms with Gasteiger partial charge >= 0.3 is 0 Å². The van der Waals surface area contributed by atoms with Crippen LogP contribution in [0.4, 0.5) is 0 Å². The number of aromatic amines is 1. The van der Waals surface area contributed by atoms with Gasteiger partial charge in [-0.3, -0.25) is 4.79 Å². The van der Waals surface area contributed by atoms with Gasteiger partial charge in [0.2, 0.25) is 6.41 Å². The van der Waals surface area contributed by atoms with Crippen molar-refractivity contribution in [1.29, 1.82) is 0 Å². The third-order valence-electron chi connectivity index (χ3n) is 6.29. The highest BCUT2D eigenvalue weighted by Crippen LogP contribution is 2.34. The first-order valence-corrected chi connectivity index (χ1v) is 10.3. The minimum absolute atomic E-state index is 0.456. The van der Waals surface area contributed by atoms with E-state index >= 15 is 0 Å². The Morgan fingerprint density at radius 2 is 2.00 bits per heavy atom. The van der Waals surface area contributed by atoms with Gasteiger partial charge in [-0.15, -0.1) is 0 Å². The summed E-state index contributed by atoms with van der Waals surface area (Å²) in [5.41, 5.74) is 2.58. The molecule has 4 rings (SSSR count). The number of aromatic nitrogens is 1. The summed E-state index contributed by atoms with van der Waals surface area (Å²) in [6, 6.07) is 6.60. The van der Waals surface area contributed by atoms with Crippen molar-refractivity contribution in [1.82, 2.24) is 14.8 Å². The molecule has 3 heterocycles. The normalized spacial score (nSPS) is 22.8. The Bertz CT molecular complexity index is 751. The van der Waals surface area contributed by atoms with Crippen LogP contribution in [0.25, 0.3) is 10.9 Å². The molecule has 140 valence electrons. The van der Waals surface area contributed by atoms with E-state index in [2.05, 4.69) is 22.1 Å². The van der Waals surface area contributed by atoms with Crippen molar-refractivity contribution in [3.63, 3.8) is 0 Å². The summed E-state index contributed by atoms with van der Waals surface area (Å²) in [5.74, 6) is 0.627. The Labute approximate surface area is 160 Å². The molecule has 0 saturated carbocycles. The summed E-state index contributed by atoms with van der Waals surface area (Å²) in [6.45, 7) is 4.36. The fourth-order valence-electron chi connectivity index (χ4n) is 4.73. The molecule has 0 bridgehead atoms. The van der Waals surface area contributed by atoms with E-state index in [1.165, 1.54) is 36.6 Å². The van der Waals surface area contributed by atoms with Gasteiger partial charge in [-0.05, 0) is 75.2 Å². The number of nitrogens with one attached hydrogen (secondary N) is 1. The predicted molar refractivity (Wildman–Crippen MR) is 107 cm³/mol. The van der Waals surface area contributed by atoms with E-state index in [9.17, 15) is 4.79 Å². The number of hydrogen-bond donors (Lipinski definition) is 1. The van der Waals surface area contributed by atoms with Gasteiger partial charge in [0, 0.05) is 41.3 Å². The van der Waals surface area contributed by atoms with Crippen molar-refractivity contribution in [3.8, 4) is 0 Å². The van der Waals surface area contributed by atoms with Crippen molar-refractivity contribution in [2.45, 2.75) is 50.5 Å². The Kier molecular flexibility index (Phi) is 5.51. The molecule has 5 heteroatoms. The van der Waals surface area contributed by atoms with Gasteiger partial charge in [0.25, 0.3) is 0 Å². The van der Waals surface area contributed by atoms with Crippen LogP contribution >= 0.6 is 11.6 Å². The molecular formula is C21H28ClN3O. The number of rotatable bonds is 5. The number of nitrogens with zero attached hydrogens (tertiary/aromatic N) is 2. The van der Waals surface area contributed by atoms with Crippen LogP contribution in [-0.2, 0) is 4.79 Å². The minimum Gasteiger partial charge on any atom is -0.361 e. The molecule has 1 aromatic carbocycles. The molecule has 26 heavy (non-hydrogen) atoms. The Balaban J connectivity index is 1.31. The molecule has 2 aliphatic heterocycles. The van der Waals surface area contributed by atoms with E-state index in [0.717, 1.165) is 56.0 Å². The molecule has 1 amide bonds. The highest BCUT2D eigenvalue weighted by atomic mass is 35.5. The largest absolute Gasteiger partial charge is 0.361 e. The van der Waals surface area contributed by atoms with Crippen LogP contribution in [0, 0.1) is 0 Å². The SMILES string of the molecule is O=CN1CCCC[C@H]1CCN1CCC(c2c[nH]c3cc(Cl)ccc23)CC1. The molecular weight excluding hydrogens is 346 g/mol. The fraction of sp³-hybridized carbons (Fsp3) is 0.571. The van der Waals surface area contributed by atoms with Crippen molar-refractivity contribution in [3.05, 3.63) is 35.0 Å². The topological polar surface area (TPSA) is 39.3 Å². The number of hydrogen-bond acceptors (Lipinski definition) is 2. The quantitative estimate of drug-likeness (QED) is 0.789. The average Bonchev–Trinajstić information content (AvgIpc) is 3.10. The molecule has 0 aliphatic carbocycles. The third kappa shape index (κ3) is 3.77. The molecule has 0 spiro atoms. The second-order valence-corrected chi connectivity index (χ2v) is 8.27. The highest BCUT2D eigenvalue weighted by Gasteiger charge is 2.25. The van der Waals surface area contributed by atoms with E-state index in [4.69, 9.17) is 11.6 Å². The summed E-state index contributed by atoms with van der Waals surface area (Å²) >= 11 is 6.10. The number of carbonyl (C=O) groups excluding carboxylic acids is 1. The first-order valence-electron chi connectivity index (χ1n) is 9.94. The predicted octanol–water partition coefficient (Wildman–Crippen LogP) is 4.40. The Morgan fingerprint density at radius 3 is 2.81 bits per heavy atom. The van der Waals surface area contributed by atoms with Crippen molar-refractivity contribution < 1.29 is 4.79 Å². The maximum atomic E-state index is 11.2. The number of benzene rings is 1. The Hall–Kier alpha value is -1.52. The second kappa shape index (κ2) is 8.01. The zero-order chi connectivity index (χ0) is 17.9. The lowest BCUT2D eigenvalue weighted by Gasteiger charge is -2.36. The van der Waals surface area contributed by atoms with Crippen molar-refractivity contribution in [2.24, 2.45) is 0 Å². The zero-order valence-electron chi connectivity index (χ0n) is 15.3. The van der Waals surface area contributed by atoms with Gasteiger partial charge in [0.05, 0.1) is 0 Å². The third-order valence-corrected chi connectivity index (χ3v) is 6.52. The molecule has 1 N–H and O–H groups in total. The molecule has 1 aromatic heterocycles. The lowest BCUT2D eigenvalue weighted by atomic mass is 9.89. The van der Waals surface area contributed by atoms with Crippen LogP contribution in [0.1, 0.15) is 50.0 Å². The zero-order valence-corrected chi connectivity index (χ0v) is 16.0. The summed E-state index contributed by atoms with van der Waals surface area (Å²) < 4.78 is 0. The minimum atomic E-state index is 0.456. The fourth-order valence-corrected chi connectivity index (χ4v) is 4.90. The van der Waals surface area contributed by atoms with Gasteiger partial charge in [0.15, 0.2) is 0 Å². The lowest BCUT2D eigenvalue weighted by Crippen LogP contribution is -2.42.